The van der Waals surface area contributed by atoms with Gasteiger partial charge in [-0.15, -0.1) is 0 Å². The number of benzene rings is 1. The molecule has 1 atom stereocenters. The number of carbonyl (C=O) groups excluding carboxylic acids is 2. The van der Waals surface area contributed by atoms with E-state index >= 15 is 0 Å². The highest BCUT2D eigenvalue weighted by Gasteiger charge is 2.54. The predicted molar refractivity (Wildman–Crippen MR) is 123 cm³/mol. The fourth-order valence-corrected chi connectivity index (χ4v) is 7.83. The maximum absolute atomic E-state index is 13.2. The van der Waals surface area contributed by atoms with Crippen molar-refractivity contribution in [3.05, 3.63) is 34.9 Å². The van der Waals surface area contributed by atoms with E-state index in [1.54, 1.807) is 24.3 Å². The van der Waals surface area contributed by atoms with Gasteiger partial charge in [-0.1, -0.05) is 18.5 Å². The SMILES string of the molecule is CCC(NC(=O)C1CCN(C(=O)c2ccc(Cl)cc2)CC1)C12CC3CC(CC(C3)C1)C2. The maximum Gasteiger partial charge on any atom is 0.253 e. The summed E-state index contributed by atoms with van der Waals surface area (Å²) in [7, 11) is 0. The van der Waals surface area contributed by atoms with Gasteiger partial charge >= 0.3 is 0 Å². The maximum atomic E-state index is 13.2. The number of carbonyl (C=O) groups is 2. The van der Waals surface area contributed by atoms with Crippen molar-refractivity contribution in [1.82, 2.24) is 10.2 Å². The topological polar surface area (TPSA) is 49.4 Å². The summed E-state index contributed by atoms with van der Waals surface area (Å²) in [6, 6.07) is 7.39. The van der Waals surface area contributed by atoms with Gasteiger partial charge in [-0.2, -0.15) is 0 Å². The number of piperidine rings is 1. The van der Waals surface area contributed by atoms with Gasteiger partial charge in [0.25, 0.3) is 5.91 Å². The lowest BCUT2D eigenvalue weighted by atomic mass is 9.47. The monoisotopic (exact) mass is 442 g/mol. The predicted octanol–water partition coefficient (Wildman–Crippen LogP) is 5.30. The molecule has 5 heteroatoms. The van der Waals surface area contributed by atoms with Crippen LogP contribution >= 0.6 is 11.6 Å². The Hall–Kier alpha value is -1.55. The molecule has 1 heterocycles. The Balaban J connectivity index is 1.18. The quantitative estimate of drug-likeness (QED) is 0.672. The van der Waals surface area contributed by atoms with Crippen molar-refractivity contribution < 1.29 is 9.59 Å². The Morgan fingerprint density at radius 3 is 2.10 bits per heavy atom. The summed E-state index contributed by atoms with van der Waals surface area (Å²) in [5.74, 6) is 2.99. The zero-order valence-corrected chi connectivity index (χ0v) is 19.4. The van der Waals surface area contributed by atoms with Crippen molar-refractivity contribution in [1.29, 1.82) is 0 Å². The van der Waals surface area contributed by atoms with E-state index < -0.39 is 0 Å². The molecule has 1 N–H and O–H groups in total. The summed E-state index contributed by atoms with van der Waals surface area (Å²) in [6.45, 7) is 3.54. The van der Waals surface area contributed by atoms with E-state index in [1.807, 2.05) is 4.90 Å². The Morgan fingerprint density at radius 1 is 1.03 bits per heavy atom. The third-order valence-corrected chi connectivity index (χ3v) is 9.05. The fourth-order valence-electron chi connectivity index (χ4n) is 7.70. The van der Waals surface area contributed by atoms with E-state index in [0.29, 0.717) is 35.1 Å². The van der Waals surface area contributed by atoms with Crippen LogP contribution in [0.4, 0.5) is 0 Å². The van der Waals surface area contributed by atoms with Crippen LogP contribution in [-0.4, -0.2) is 35.8 Å². The van der Waals surface area contributed by atoms with Crippen LogP contribution in [0.3, 0.4) is 0 Å². The number of hydrogen-bond donors (Lipinski definition) is 1. The van der Waals surface area contributed by atoms with Crippen LogP contribution in [0.5, 0.6) is 0 Å². The number of nitrogens with zero attached hydrogens (tertiary/aromatic N) is 1. The summed E-state index contributed by atoms with van der Waals surface area (Å²) in [4.78, 5) is 27.8. The van der Waals surface area contributed by atoms with Crippen LogP contribution in [0.25, 0.3) is 0 Å². The highest BCUT2D eigenvalue weighted by molar-refractivity contribution is 6.30. The lowest BCUT2D eigenvalue weighted by molar-refractivity contribution is -0.131. The molecule has 0 aromatic heterocycles. The molecule has 1 aromatic rings. The van der Waals surface area contributed by atoms with Gasteiger partial charge in [0.2, 0.25) is 5.91 Å². The van der Waals surface area contributed by atoms with E-state index in [4.69, 9.17) is 11.6 Å². The lowest BCUT2D eigenvalue weighted by Crippen LogP contribution is -2.57. The minimum absolute atomic E-state index is 0.0252. The number of hydrogen-bond acceptors (Lipinski definition) is 2. The molecule has 4 saturated carbocycles. The molecule has 1 unspecified atom stereocenters. The average Bonchev–Trinajstić information content (AvgIpc) is 2.76. The summed E-state index contributed by atoms with van der Waals surface area (Å²) in [6.07, 6.45) is 10.8. The van der Waals surface area contributed by atoms with Gasteiger partial charge in [0.1, 0.15) is 0 Å². The molecule has 0 spiro atoms. The van der Waals surface area contributed by atoms with E-state index in [1.165, 1.54) is 38.5 Å². The first-order chi connectivity index (χ1) is 15.0. The molecule has 5 fully saturated rings. The first-order valence-corrected chi connectivity index (χ1v) is 12.7. The molecule has 1 aromatic carbocycles. The number of nitrogens with one attached hydrogen (secondary N) is 1. The van der Waals surface area contributed by atoms with Crippen molar-refractivity contribution in [3.8, 4) is 0 Å². The average molecular weight is 443 g/mol. The number of halogens is 1. The molecule has 6 rings (SSSR count). The van der Waals surface area contributed by atoms with Crippen LogP contribution < -0.4 is 5.32 Å². The number of likely N-dealkylation sites (tertiary alicyclic amines) is 1. The molecule has 1 saturated heterocycles. The molecule has 168 valence electrons. The molecule has 4 nitrogen and oxygen atoms in total. The van der Waals surface area contributed by atoms with Crippen molar-refractivity contribution in [2.24, 2.45) is 29.1 Å². The first-order valence-electron chi connectivity index (χ1n) is 12.3. The molecule has 1 aliphatic heterocycles. The van der Waals surface area contributed by atoms with Crippen molar-refractivity contribution in [3.63, 3.8) is 0 Å². The Labute approximate surface area is 191 Å². The summed E-state index contributed by atoms with van der Waals surface area (Å²) >= 11 is 5.94. The Kier molecular flexibility index (Phi) is 5.79. The van der Waals surface area contributed by atoms with E-state index in [0.717, 1.165) is 37.0 Å². The zero-order chi connectivity index (χ0) is 21.6. The van der Waals surface area contributed by atoms with E-state index in [9.17, 15) is 9.59 Å². The van der Waals surface area contributed by atoms with Crippen LogP contribution in [0, 0.1) is 29.1 Å². The summed E-state index contributed by atoms with van der Waals surface area (Å²) in [5, 5.41) is 4.15. The van der Waals surface area contributed by atoms with Crippen LogP contribution in [0.1, 0.15) is 75.1 Å². The minimum Gasteiger partial charge on any atom is -0.353 e. The van der Waals surface area contributed by atoms with Gasteiger partial charge in [0.05, 0.1) is 0 Å². The van der Waals surface area contributed by atoms with Gasteiger partial charge < -0.3 is 10.2 Å². The molecular formula is C26H35ClN2O2. The van der Waals surface area contributed by atoms with Gasteiger partial charge in [-0.05, 0) is 105 Å². The van der Waals surface area contributed by atoms with E-state index in [2.05, 4.69) is 12.2 Å². The second-order valence-electron chi connectivity index (χ2n) is 10.8. The molecule has 0 radical (unpaired) electrons. The third kappa shape index (κ3) is 4.13. The van der Waals surface area contributed by atoms with Gasteiger partial charge in [0.15, 0.2) is 0 Å². The third-order valence-electron chi connectivity index (χ3n) is 8.79. The first kappa shape index (κ1) is 21.3. The minimum atomic E-state index is 0.0252. The number of rotatable bonds is 5. The molecule has 4 aliphatic carbocycles. The smallest absolute Gasteiger partial charge is 0.253 e. The molecule has 2 amide bonds. The molecular weight excluding hydrogens is 408 g/mol. The standard InChI is InChI=1S/C26H35ClN2O2/c1-2-23(26-14-17-11-18(15-26)13-19(12-17)16-26)28-24(30)20-7-9-29(10-8-20)25(31)21-3-5-22(27)6-4-21/h3-6,17-20,23H,2,7-16H2,1H3,(H,28,30). The highest BCUT2D eigenvalue weighted by atomic mass is 35.5. The van der Waals surface area contributed by atoms with Gasteiger partial charge in [-0.3, -0.25) is 9.59 Å². The highest BCUT2D eigenvalue weighted by Crippen LogP contribution is 2.61. The molecule has 4 bridgehead atoms. The van der Waals surface area contributed by atoms with E-state index in [-0.39, 0.29) is 17.7 Å². The largest absolute Gasteiger partial charge is 0.353 e. The van der Waals surface area contributed by atoms with Crippen LogP contribution in [-0.2, 0) is 4.79 Å². The van der Waals surface area contributed by atoms with Crippen molar-refractivity contribution in [2.45, 2.75) is 70.8 Å². The Bertz CT molecular complexity index is 793. The second-order valence-corrected chi connectivity index (χ2v) is 11.3. The fraction of sp³-hybridized carbons (Fsp3) is 0.692. The van der Waals surface area contributed by atoms with Crippen LogP contribution in [0.2, 0.25) is 5.02 Å². The Morgan fingerprint density at radius 2 is 1.58 bits per heavy atom. The molecule has 31 heavy (non-hydrogen) atoms. The van der Waals surface area contributed by atoms with Gasteiger partial charge in [-0.25, -0.2) is 0 Å². The van der Waals surface area contributed by atoms with Crippen molar-refractivity contribution >= 4 is 23.4 Å². The second kappa shape index (κ2) is 8.42. The van der Waals surface area contributed by atoms with Crippen molar-refractivity contribution in [2.75, 3.05) is 13.1 Å². The van der Waals surface area contributed by atoms with Gasteiger partial charge in [0, 0.05) is 35.6 Å². The zero-order valence-electron chi connectivity index (χ0n) is 18.6. The molecule has 5 aliphatic rings. The summed E-state index contributed by atoms with van der Waals surface area (Å²) in [5.41, 5.74) is 1.02. The van der Waals surface area contributed by atoms with Crippen LogP contribution in [0.15, 0.2) is 24.3 Å². The number of amides is 2. The normalized spacial score (nSPS) is 33.4. The summed E-state index contributed by atoms with van der Waals surface area (Å²) < 4.78 is 0. The lowest BCUT2D eigenvalue weighted by Gasteiger charge is -2.59.